The van der Waals surface area contributed by atoms with Crippen molar-refractivity contribution in [3.8, 4) is 0 Å². The van der Waals surface area contributed by atoms with Gasteiger partial charge in [0, 0.05) is 12.6 Å². The molecule has 0 heterocycles. The summed E-state index contributed by atoms with van der Waals surface area (Å²) in [6.45, 7) is 0.469. The molecule has 0 aliphatic carbocycles. The second-order valence-electron chi connectivity index (χ2n) is 2.94. The molecule has 1 aromatic carbocycles. The van der Waals surface area contributed by atoms with Gasteiger partial charge in [0.1, 0.15) is 0 Å². The van der Waals surface area contributed by atoms with E-state index in [0.29, 0.717) is 6.54 Å². The summed E-state index contributed by atoms with van der Waals surface area (Å²) in [5.74, 6) is -0.951. The van der Waals surface area contributed by atoms with Gasteiger partial charge < -0.3 is 10.8 Å². The lowest BCUT2D eigenvalue weighted by molar-refractivity contribution is -0.131. The Morgan fingerprint density at radius 3 is 2.40 bits per heavy atom. The van der Waals surface area contributed by atoms with Crippen LogP contribution in [0, 0.1) is 0 Å². The predicted molar refractivity (Wildman–Crippen MR) is 61.2 cm³/mol. The van der Waals surface area contributed by atoms with E-state index in [0.717, 1.165) is 17.2 Å². The largest absolute Gasteiger partial charge is 0.478 e. The van der Waals surface area contributed by atoms with Crippen LogP contribution in [0.2, 0.25) is 0 Å². The van der Waals surface area contributed by atoms with Crippen LogP contribution in [0.25, 0.3) is 12.2 Å². The summed E-state index contributed by atoms with van der Waals surface area (Å²) < 4.78 is 0. The lowest BCUT2D eigenvalue weighted by atomic mass is 10.1. The third kappa shape index (κ3) is 3.79. The molecule has 0 fully saturated rings. The van der Waals surface area contributed by atoms with Crippen LogP contribution in [0.4, 0.5) is 0 Å². The molecule has 0 bridgehead atoms. The highest BCUT2D eigenvalue weighted by Crippen LogP contribution is 2.12. The van der Waals surface area contributed by atoms with Gasteiger partial charge in [0.15, 0.2) is 0 Å². The van der Waals surface area contributed by atoms with Crippen molar-refractivity contribution in [2.75, 3.05) is 6.54 Å². The monoisotopic (exact) mass is 203 g/mol. The standard InChI is InChI=1S/C12H13NO2/c13-9-3-6-10-4-1-2-5-11(10)7-8-12(14)15/h1-8H,9,13H2,(H,14,15)/b6-3?,8-7+. The van der Waals surface area contributed by atoms with Gasteiger partial charge in [-0.15, -0.1) is 0 Å². The fraction of sp³-hybridized carbons (Fsp3) is 0.0833. The van der Waals surface area contributed by atoms with Gasteiger partial charge in [0.2, 0.25) is 0 Å². The molecule has 3 N–H and O–H groups in total. The molecule has 1 aromatic rings. The van der Waals surface area contributed by atoms with E-state index in [1.165, 1.54) is 0 Å². The minimum atomic E-state index is -0.951. The van der Waals surface area contributed by atoms with Gasteiger partial charge in [-0.3, -0.25) is 0 Å². The number of hydrogen-bond acceptors (Lipinski definition) is 2. The molecule has 0 saturated heterocycles. The zero-order chi connectivity index (χ0) is 11.1. The number of nitrogens with two attached hydrogens (primary N) is 1. The number of carboxylic acid groups (broad SMARTS) is 1. The number of rotatable bonds is 4. The van der Waals surface area contributed by atoms with Crippen molar-refractivity contribution < 1.29 is 9.90 Å². The van der Waals surface area contributed by atoms with Gasteiger partial charge in [-0.2, -0.15) is 0 Å². The summed E-state index contributed by atoms with van der Waals surface area (Å²) in [6.07, 6.45) is 6.39. The summed E-state index contributed by atoms with van der Waals surface area (Å²) in [5.41, 5.74) is 7.17. The van der Waals surface area contributed by atoms with E-state index < -0.39 is 5.97 Å². The normalized spacial score (nSPS) is 11.3. The molecule has 3 nitrogen and oxygen atoms in total. The summed E-state index contributed by atoms with van der Waals surface area (Å²) >= 11 is 0. The number of aliphatic carboxylic acids is 1. The van der Waals surface area contributed by atoms with Crippen LogP contribution in [0.5, 0.6) is 0 Å². The summed E-state index contributed by atoms with van der Waals surface area (Å²) in [7, 11) is 0. The van der Waals surface area contributed by atoms with Gasteiger partial charge in [0.25, 0.3) is 0 Å². The fourth-order valence-electron chi connectivity index (χ4n) is 1.17. The Labute approximate surface area is 88.5 Å². The van der Waals surface area contributed by atoms with E-state index in [2.05, 4.69) is 0 Å². The molecule has 15 heavy (non-hydrogen) atoms. The average molecular weight is 203 g/mol. The van der Waals surface area contributed by atoms with Crippen LogP contribution in [0.15, 0.2) is 36.4 Å². The highest BCUT2D eigenvalue weighted by molar-refractivity contribution is 5.86. The number of carbonyl (C=O) groups is 1. The second kappa shape index (κ2) is 5.78. The van der Waals surface area contributed by atoms with Gasteiger partial charge in [-0.05, 0) is 17.2 Å². The summed E-state index contributed by atoms with van der Waals surface area (Å²) in [6, 6.07) is 7.53. The maximum atomic E-state index is 10.4. The van der Waals surface area contributed by atoms with Crippen molar-refractivity contribution in [3.05, 3.63) is 47.5 Å². The van der Waals surface area contributed by atoms with E-state index in [1.807, 2.05) is 36.4 Å². The van der Waals surface area contributed by atoms with Crippen molar-refractivity contribution >= 4 is 18.1 Å². The Balaban J connectivity index is 2.96. The minimum absolute atomic E-state index is 0.469. The maximum Gasteiger partial charge on any atom is 0.328 e. The van der Waals surface area contributed by atoms with Crippen LogP contribution >= 0.6 is 0 Å². The van der Waals surface area contributed by atoms with E-state index in [4.69, 9.17) is 10.8 Å². The molecule has 3 heteroatoms. The van der Waals surface area contributed by atoms with Crippen LogP contribution < -0.4 is 5.73 Å². The van der Waals surface area contributed by atoms with Gasteiger partial charge in [-0.1, -0.05) is 36.4 Å². The molecule has 0 saturated carbocycles. The first kappa shape index (κ1) is 11.2. The molecule has 0 radical (unpaired) electrons. The fourth-order valence-corrected chi connectivity index (χ4v) is 1.17. The van der Waals surface area contributed by atoms with E-state index in [-0.39, 0.29) is 0 Å². The highest BCUT2D eigenvalue weighted by Gasteiger charge is 1.94. The van der Waals surface area contributed by atoms with Crippen LogP contribution in [-0.2, 0) is 4.79 Å². The van der Waals surface area contributed by atoms with Crippen LogP contribution in [0.1, 0.15) is 11.1 Å². The van der Waals surface area contributed by atoms with E-state index in [1.54, 1.807) is 6.08 Å². The summed E-state index contributed by atoms with van der Waals surface area (Å²) in [5, 5.41) is 8.52. The molecule has 0 aliphatic heterocycles. The molecule has 0 aliphatic rings. The van der Waals surface area contributed by atoms with Crippen LogP contribution in [-0.4, -0.2) is 17.6 Å². The molecule has 0 aromatic heterocycles. The van der Waals surface area contributed by atoms with Crippen molar-refractivity contribution in [1.82, 2.24) is 0 Å². The second-order valence-corrected chi connectivity index (χ2v) is 2.94. The van der Waals surface area contributed by atoms with Crippen molar-refractivity contribution in [3.63, 3.8) is 0 Å². The SMILES string of the molecule is NCC=Cc1ccccc1/C=C/C(=O)O. The van der Waals surface area contributed by atoms with Gasteiger partial charge in [0.05, 0.1) is 0 Å². The zero-order valence-electron chi connectivity index (χ0n) is 8.26. The topological polar surface area (TPSA) is 63.3 Å². The van der Waals surface area contributed by atoms with Crippen molar-refractivity contribution in [2.24, 2.45) is 5.73 Å². The Bertz CT molecular complexity index is 394. The van der Waals surface area contributed by atoms with Crippen molar-refractivity contribution in [1.29, 1.82) is 0 Å². The first-order valence-electron chi connectivity index (χ1n) is 4.60. The average Bonchev–Trinajstić information content (AvgIpc) is 2.24. The lowest BCUT2D eigenvalue weighted by Crippen LogP contribution is -1.92. The molecule has 0 unspecified atom stereocenters. The molecular formula is C12H13NO2. The van der Waals surface area contributed by atoms with Crippen LogP contribution in [0.3, 0.4) is 0 Å². The Morgan fingerprint density at radius 2 is 1.87 bits per heavy atom. The number of benzene rings is 1. The Morgan fingerprint density at radius 1 is 1.27 bits per heavy atom. The first-order valence-corrected chi connectivity index (χ1v) is 4.60. The minimum Gasteiger partial charge on any atom is -0.478 e. The first-order chi connectivity index (χ1) is 7.24. The zero-order valence-corrected chi connectivity index (χ0v) is 8.26. The third-order valence-electron chi connectivity index (χ3n) is 1.83. The lowest BCUT2D eigenvalue weighted by Gasteiger charge is -1.99. The molecule has 0 amide bonds. The summed E-state index contributed by atoms with van der Waals surface area (Å²) in [4.78, 5) is 10.4. The smallest absolute Gasteiger partial charge is 0.328 e. The van der Waals surface area contributed by atoms with E-state index >= 15 is 0 Å². The molecule has 1 rings (SSSR count). The van der Waals surface area contributed by atoms with E-state index in [9.17, 15) is 4.79 Å². The Kier molecular flexibility index (Phi) is 4.31. The maximum absolute atomic E-state index is 10.4. The van der Waals surface area contributed by atoms with Gasteiger partial charge >= 0.3 is 5.97 Å². The van der Waals surface area contributed by atoms with Gasteiger partial charge in [-0.25, -0.2) is 4.79 Å². The molecule has 78 valence electrons. The quantitative estimate of drug-likeness (QED) is 0.733. The predicted octanol–water partition coefficient (Wildman–Crippen LogP) is 1.76. The molecule has 0 atom stereocenters. The number of carboxylic acids is 1. The van der Waals surface area contributed by atoms with Crippen molar-refractivity contribution in [2.45, 2.75) is 0 Å². The molecule has 0 spiro atoms. The third-order valence-corrected chi connectivity index (χ3v) is 1.83. The highest BCUT2D eigenvalue weighted by atomic mass is 16.4. The number of hydrogen-bond donors (Lipinski definition) is 2. The Hall–Kier alpha value is -1.87. The molecular weight excluding hydrogens is 190 g/mol.